The van der Waals surface area contributed by atoms with Gasteiger partial charge in [-0.05, 0) is 0 Å². The molecule has 0 fully saturated rings. The fourth-order valence-electron chi connectivity index (χ4n) is 3.31. The van der Waals surface area contributed by atoms with Gasteiger partial charge in [-0.2, -0.15) is 0 Å². The first kappa shape index (κ1) is 19.1. The number of phenols is 1. The maximum atomic E-state index is 12.5. The van der Waals surface area contributed by atoms with Gasteiger partial charge in [-0.15, -0.1) is 0 Å². The summed E-state index contributed by atoms with van der Waals surface area (Å²) < 4.78 is 6.86. The summed E-state index contributed by atoms with van der Waals surface area (Å²) >= 11 is -0.105. The second-order valence-electron chi connectivity index (χ2n) is 6.58. The van der Waals surface area contributed by atoms with Gasteiger partial charge in [0.2, 0.25) is 0 Å². The topological polar surface area (TPSA) is 95.9 Å². The van der Waals surface area contributed by atoms with Gasteiger partial charge in [0.05, 0.1) is 0 Å². The van der Waals surface area contributed by atoms with E-state index in [1.54, 1.807) is 30.3 Å². The second-order valence-corrected chi connectivity index (χ2v) is 9.29. The van der Waals surface area contributed by atoms with Crippen molar-refractivity contribution in [2.45, 2.75) is 6.92 Å². The van der Waals surface area contributed by atoms with Gasteiger partial charge >= 0.3 is 173 Å². The standard InChI is InChI=1S/C22H17NO5Se/c1-11-16(22(26)27)9-14(29-11)10-17-15-5-3-12(7-18(15)23-21(17)25)13-4-6-19(24)20(8-13)28-2/h3-10,24H,1-2H3,(H,23,25)(H,26,27)/b17-10-. The number of hydrogen-bond acceptors (Lipinski definition) is 4. The number of anilines is 1. The summed E-state index contributed by atoms with van der Waals surface area (Å²) in [6.07, 6.45) is 1.78. The van der Waals surface area contributed by atoms with Crippen LogP contribution in [0, 0.1) is 6.92 Å². The number of carboxylic acids is 1. The van der Waals surface area contributed by atoms with Crippen LogP contribution >= 0.6 is 0 Å². The van der Waals surface area contributed by atoms with Crippen LogP contribution in [0.1, 0.15) is 24.8 Å². The fraction of sp³-hybridized carbons (Fsp3) is 0.0909. The van der Waals surface area contributed by atoms with Crippen LogP contribution in [-0.4, -0.2) is 43.7 Å². The summed E-state index contributed by atoms with van der Waals surface area (Å²) in [4.78, 5) is 23.8. The van der Waals surface area contributed by atoms with Gasteiger partial charge in [-0.25, -0.2) is 0 Å². The van der Waals surface area contributed by atoms with Crippen LogP contribution in [0.15, 0.2) is 42.5 Å². The van der Waals surface area contributed by atoms with E-state index in [9.17, 15) is 19.8 Å². The Balaban J connectivity index is 1.72. The first-order valence-electron chi connectivity index (χ1n) is 8.76. The van der Waals surface area contributed by atoms with Crippen molar-refractivity contribution in [3.05, 3.63) is 62.5 Å². The van der Waals surface area contributed by atoms with Gasteiger partial charge in [-0.1, -0.05) is 0 Å². The molecule has 0 radical (unpaired) electrons. The van der Waals surface area contributed by atoms with E-state index >= 15 is 0 Å². The van der Waals surface area contributed by atoms with Crippen molar-refractivity contribution in [1.29, 1.82) is 0 Å². The number of carboxylic acid groups (broad SMARTS) is 1. The molecule has 0 unspecified atom stereocenters. The van der Waals surface area contributed by atoms with E-state index in [1.165, 1.54) is 7.11 Å². The van der Waals surface area contributed by atoms with Gasteiger partial charge in [0.15, 0.2) is 0 Å². The molecule has 1 aliphatic heterocycles. The van der Waals surface area contributed by atoms with Gasteiger partial charge in [0.25, 0.3) is 0 Å². The number of amides is 1. The molecule has 6 nitrogen and oxygen atoms in total. The number of benzene rings is 2. The van der Waals surface area contributed by atoms with Gasteiger partial charge in [0, 0.05) is 0 Å². The van der Waals surface area contributed by atoms with Gasteiger partial charge in [-0.3, -0.25) is 0 Å². The van der Waals surface area contributed by atoms with Crippen LogP contribution < -0.4 is 10.1 Å². The third-order valence-corrected chi connectivity index (χ3v) is 6.86. The monoisotopic (exact) mass is 455 g/mol. The third-order valence-electron chi connectivity index (χ3n) is 4.77. The number of aromatic carboxylic acids is 1. The number of methoxy groups -OCH3 is 1. The minimum atomic E-state index is -0.942. The normalized spacial score (nSPS) is 14.0. The molecule has 0 atom stereocenters. The van der Waals surface area contributed by atoms with Crippen molar-refractivity contribution >= 4 is 43.7 Å². The molecule has 146 valence electrons. The average molecular weight is 454 g/mol. The van der Waals surface area contributed by atoms with Crippen molar-refractivity contribution in [3.8, 4) is 22.6 Å². The molecule has 3 aromatic rings. The summed E-state index contributed by atoms with van der Waals surface area (Å²) in [6, 6.07) is 12.4. The zero-order valence-electron chi connectivity index (χ0n) is 15.6. The molecular formula is C22H17NO5Se. The molecule has 0 bridgehead atoms. The maximum absolute atomic E-state index is 12.5. The number of aryl methyl sites for hydroxylation is 1. The minimum absolute atomic E-state index is 0.0623. The van der Waals surface area contributed by atoms with Crippen molar-refractivity contribution in [3.63, 3.8) is 0 Å². The van der Waals surface area contributed by atoms with E-state index in [4.69, 9.17) is 4.74 Å². The van der Waals surface area contributed by atoms with Crippen molar-refractivity contribution < 1.29 is 24.5 Å². The van der Waals surface area contributed by atoms with Crippen LogP contribution in [0.25, 0.3) is 22.8 Å². The third kappa shape index (κ3) is 3.46. The molecule has 29 heavy (non-hydrogen) atoms. The molecule has 2 aromatic carbocycles. The predicted octanol–water partition coefficient (Wildman–Crippen LogP) is 3.62. The molecule has 0 spiro atoms. The second kappa shape index (κ2) is 7.28. The van der Waals surface area contributed by atoms with Crippen LogP contribution in [0.2, 0.25) is 0 Å². The van der Waals surface area contributed by atoms with E-state index in [0.717, 1.165) is 25.6 Å². The molecule has 3 N–H and O–H groups in total. The molecule has 1 aliphatic rings. The molecule has 0 aliphatic carbocycles. The Morgan fingerprint density at radius 3 is 2.55 bits per heavy atom. The van der Waals surface area contributed by atoms with Crippen LogP contribution in [0.5, 0.6) is 11.5 Å². The number of carbonyl (C=O) groups is 2. The molecule has 0 saturated carbocycles. The molecule has 7 heteroatoms. The fourth-order valence-corrected chi connectivity index (χ4v) is 5.33. The first-order valence-corrected chi connectivity index (χ1v) is 10.5. The van der Waals surface area contributed by atoms with E-state index in [-0.39, 0.29) is 26.2 Å². The molecular weight excluding hydrogens is 437 g/mol. The zero-order chi connectivity index (χ0) is 20.7. The number of aromatic hydroxyl groups is 1. The Morgan fingerprint density at radius 1 is 1.14 bits per heavy atom. The summed E-state index contributed by atoms with van der Waals surface area (Å²) in [6.45, 7) is 1.81. The summed E-state index contributed by atoms with van der Waals surface area (Å²) in [5.41, 5.74) is 4.04. The van der Waals surface area contributed by atoms with Crippen molar-refractivity contribution in [2.24, 2.45) is 0 Å². The number of hydrogen-bond donors (Lipinski definition) is 3. The van der Waals surface area contributed by atoms with E-state index < -0.39 is 5.97 Å². The van der Waals surface area contributed by atoms with Crippen LogP contribution in [0.4, 0.5) is 5.69 Å². The quantitative estimate of drug-likeness (QED) is 0.414. The summed E-state index contributed by atoms with van der Waals surface area (Å²) in [7, 11) is 1.49. The predicted molar refractivity (Wildman–Crippen MR) is 112 cm³/mol. The molecule has 0 saturated heterocycles. The summed E-state index contributed by atoms with van der Waals surface area (Å²) in [5, 5.41) is 21.9. The van der Waals surface area contributed by atoms with E-state index in [2.05, 4.69) is 5.32 Å². The molecule has 1 amide bonds. The molecule has 4 rings (SSSR count). The summed E-state index contributed by atoms with van der Waals surface area (Å²) in [5.74, 6) is -0.714. The first-order chi connectivity index (χ1) is 13.9. The van der Waals surface area contributed by atoms with Crippen LogP contribution in [-0.2, 0) is 4.79 Å². The Hall–Kier alpha value is -3.28. The van der Waals surface area contributed by atoms with Crippen molar-refractivity contribution in [2.75, 3.05) is 12.4 Å². The average Bonchev–Trinajstić information content (AvgIpc) is 3.21. The number of ether oxygens (including phenoxy) is 1. The van der Waals surface area contributed by atoms with Crippen molar-refractivity contribution in [1.82, 2.24) is 0 Å². The van der Waals surface area contributed by atoms with E-state index in [0.29, 0.717) is 22.6 Å². The van der Waals surface area contributed by atoms with Gasteiger partial charge < -0.3 is 0 Å². The Morgan fingerprint density at radius 2 is 1.86 bits per heavy atom. The van der Waals surface area contributed by atoms with E-state index in [1.807, 2.05) is 25.1 Å². The SMILES string of the molecule is COc1cc(-c2ccc3c(c2)NC(=O)/C3=C\c2cc(C(=O)O)c(C)[se]2)ccc1O. The Labute approximate surface area is 172 Å². The Kier molecular flexibility index (Phi) is 4.78. The Bertz CT molecular complexity index is 1190. The number of fused-ring (bicyclic) bond motifs is 1. The van der Waals surface area contributed by atoms with Crippen LogP contribution in [0.3, 0.4) is 0 Å². The number of nitrogens with one attached hydrogen (secondary N) is 1. The number of phenolic OH excluding ortho intramolecular Hbond substituents is 1. The van der Waals surface area contributed by atoms with Gasteiger partial charge in [0.1, 0.15) is 0 Å². The molecule has 2 heterocycles. The zero-order valence-corrected chi connectivity index (χ0v) is 17.4. The number of rotatable bonds is 4. The number of carbonyl (C=O) groups excluding carboxylic acids is 1. The molecule has 1 aromatic heterocycles.